The molecule has 0 aliphatic carbocycles. The van der Waals surface area contributed by atoms with E-state index in [1.54, 1.807) is 6.20 Å². The first-order valence-corrected chi connectivity index (χ1v) is 5.63. The Labute approximate surface area is 82.0 Å². The fourth-order valence-electron chi connectivity index (χ4n) is 1.46. The largest absolute Gasteiger partial charge is 0.277 e. The molecule has 1 aliphatic rings. The minimum Gasteiger partial charge on any atom is -0.244 e. The summed E-state index contributed by atoms with van der Waals surface area (Å²) in [5, 5.41) is 5.02. The van der Waals surface area contributed by atoms with Crippen LogP contribution in [0, 0.1) is 0 Å². The standard InChI is InChI=1S/C7H10N4O2S/c8-14(12,13)11-2-1-7-6(4-11)3-9-5-10-7/h3,5H,1-2,4H2,(H2,8,12,13). The lowest BCUT2D eigenvalue weighted by molar-refractivity contribution is 0.387. The van der Waals surface area contributed by atoms with E-state index >= 15 is 0 Å². The molecule has 7 heteroatoms. The average Bonchev–Trinajstić information content (AvgIpc) is 2.16. The minimum absolute atomic E-state index is 0.273. The second-order valence-electron chi connectivity index (χ2n) is 3.12. The van der Waals surface area contributed by atoms with Gasteiger partial charge in [0, 0.05) is 37.0 Å². The number of fused-ring (bicyclic) bond motifs is 1. The van der Waals surface area contributed by atoms with Gasteiger partial charge in [0.2, 0.25) is 0 Å². The van der Waals surface area contributed by atoms with Crippen molar-refractivity contribution < 1.29 is 8.42 Å². The fraction of sp³-hybridized carbons (Fsp3) is 0.429. The monoisotopic (exact) mass is 214 g/mol. The summed E-state index contributed by atoms with van der Waals surface area (Å²) in [7, 11) is -3.59. The van der Waals surface area contributed by atoms with Crippen LogP contribution in [0.5, 0.6) is 0 Å². The zero-order valence-electron chi connectivity index (χ0n) is 7.42. The van der Waals surface area contributed by atoms with E-state index < -0.39 is 10.2 Å². The van der Waals surface area contributed by atoms with Gasteiger partial charge in [0.15, 0.2) is 0 Å². The van der Waals surface area contributed by atoms with E-state index in [1.807, 2.05) is 0 Å². The van der Waals surface area contributed by atoms with Crippen molar-refractivity contribution in [2.45, 2.75) is 13.0 Å². The van der Waals surface area contributed by atoms with E-state index in [4.69, 9.17) is 5.14 Å². The van der Waals surface area contributed by atoms with Crippen LogP contribution in [0.3, 0.4) is 0 Å². The SMILES string of the molecule is NS(=O)(=O)N1CCc2ncncc2C1. The molecular formula is C7H10N4O2S. The number of nitrogens with zero attached hydrogens (tertiary/aromatic N) is 3. The first-order valence-electron chi connectivity index (χ1n) is 4.13. The van der Waals surface area contributed by atoms with Crippen molar-refractivity contribution in [2.24, 2.45) is 5.14 Å². The van der Waals surface area contributed by atoms with Crippen LogP contribution in [0.2, 0.25) is 0 Å². The Kier molecular flexibility index (Phi) is 2.22. The molecule has 2 rings (SSSR count). The Balaban J connectivity index is 2.30. The molecule has 0 radical (unpaired) electrons. The highest BCUT2D eigenvalue weighted by Crippen LogP contribution is 2.16. The normalized spacial score (nSPS) is 17.8. The van der Waals surface area contributed by atoms with Gasteiger partial charge in [-0.05, 0) is 0 Å². The van der Waals surface area contributed by atoms with E-state index in [0.29, 0.717) is 13.0 Å². The average molecular weight is 214 g/mol. The van der Waals surface area contributed by atoms with Gasteiger partial charge in [-0.25, -0.2) is 15.1 Å². The molecule has 14 heavy (non-hydrogen) atoms. The number of hydrogen-bond donors (Lipinski definition) is 1. The van der Waals surface area contributed by atoms with E-state index in [2.05, 4.69) is 9.97 Å². The van der Waals surface area contributed by atoms with Crippen molar-refractivity contribution in [1.82, 2.24) is 14.3 Å². The summed E-state index contributed by atoms with van der Waals surface area (Å²) in [6, 6.07) is 0. The third kappa shape index (κ3) is 1.74. The maximum atomic E-state index is 11.1. The molecule has 76 valence electrons. The van der Waals surface area contributed by atoms with E-state index in [0.717, 1.165) is 11.3 Å². The van der Waals surface area contributed by atoms with Crippen LogP contribution in [0.1, 0.15) is 11.3 Å². The second-order valence-corrected chi connectivity index (χ2v) is 4.67. The lowest BCUT2D eigenvalue weighted by Gasteiger charge is -2.24. The summed E-state index contributed by atoms with van der Waals surface area (Å²) in [6.07, 6.45) is 3.68. The summed E-state index contributed by atoms with van der Waals surface area (Å²) in [4.78, 5) is 7.90. The summed E-state index contributed by atoms with van der Waals surface area (Å²) in [5.74, 6) is 0. The van der Waals surface area contributed by atoms with Crippen molar-refractivity contribution in [1.29, 1.82) is 0 Å². The first kappa shape index (κ1) is 9.50. The highest BCUT2D eigenvalue weighted by atomic mass is 32.2. The number of aromatic nitrogens is 2. The fourth-order valence-corrected chi connectivity index (χ4v) is 2.12. The van der Waals surface area contributed by atoms with Crippen LogP contribution in [-0.4, -0.2) is 29.2 Å². The molecule has 2 N–H and O–H groups in total. The van der Waals surface area contributed by atoms with Crippen molar-refractivity contribution in [3.8, 4) is 0 Å². The smallest absolute Gasteiger partial charge is 0.244 e. The van der Waals surface area contributed by atoms with Crippen LogP contribution in [0.4, 0.5) is 0 Å². The van der Waals surface area contributed by atoms with Crippen molar-refractivity contribution in [3.05, 3.63) is 23.8 Å². The van der Waals surface area contributed by atoms with Gasteiger partial charge in [-0.15, -0.1) is 0 Å². The molecule has 6 nitrogen and oxygen atoms in total. The van der Waals surface area contributed by atoms with Crippen LogP contribution < -0.4 is 5.14 Å². The molecular weight excluding hydrogens is 204 g/mol. The Morgan fingerprint density at radius 1 is 1.50 bits per heavy atom. The molecule has 0 saturated carbocycles. The zero-order valence-corrected chi connectivity index (χ0v) is 8.24. The molecule has 0 aromatic carbocycles. The third-order valence-corrected chi connectivity index (χ3v) is 3.22. The molecule has 0 amide bonds. The van der Waals surface area contributed by atoms with Crippen molar-refractivity contribution in [2.75, 3.05) is 6.54 Å². The second kappa shape index (κ2) is 3.26. The number of rotatable bonds is 1. The van der Waals surface area contributed by atoms with E-state index in [1.165, 1.54) is 10.6 Å². The molecule has 0 unspecified atom stereocenters. The first-order chi connectivity index (χ1) is 6.57. The third-order valence-electron chi connectivity index (χ3n) is 2.19. The van der Waals surface area contributed by atoms with Crippen molar-refractivity contribution in [3.63, 3.8) is 0 Å². The van der Waals surface area contributed by atoms with E-state index in [-0.39, 0.29) is 6.54 Å². The van der Waals surface area contributed by atoms with Crippen LogP contribution in [-0.2, 0) is 23.2 Å². The molecule has 0 spiro atoms. The van der Waals surface area contributed by atoms with Gasteiger partial charge < -0.3 is 0 Å². The van der Waals surface area contributed by atoms with Gasteiger partial charge in [0.1, 0.15) is 6.33 Å². The predicted molar refractivity (Wildman–Crippen MR) is 49.3 cm³/mol. The predicted octanol–water partition coefficient (Wildman–Crippen LogP) is -0.962. The molecule has 2 heterocycles. The lowest BCUT2D eigenvalue weighted by Crippen LogP contribution is -2.40. The van der Waals surface area contributed by atoms with Gasteiger partial charge in [-0.2, -0.15) is 12.7 Å². The van der Waals surface area contributed by atoms with Crippen LogP contribution in [0.25, 0.3) is 0 Å². The summed E-state index contributed by atoms with van der Waals surface area (Å²) in [5.41, 5.74) is 1.73. The van der Waals surface area contributed by atoms with Crippen molar-refractivity contribution >= 4 is 10.2 Å². The van der Waals surface area contributed by atoms with Crippen LogP contribution in [0.15, 0.2) is 12.5 Å². The molecule has 0 saturated heterocycles. The minimum atomic E-state index is -3.59. The Morgan fingerprint density at radius 2 is 2.29 bits per heavy atom. The molecule has 1 aromatic rings. The van der Waals surface area contributed by atoms with Crippen LogP contribution >= 0.6 is 0 Å². The lowest BCUT2D eigenvalue weighted by atomic mass is 10.1. The van der Waals surface area contributed by atoms with Gasteiger partial charge in [0.05, 0.1) is 0 Å². The van der Waals surface area contributed by atoms with Gasteiger partial charge in [-0.1, -0.05) is 0 Å². The Morgan fingerprint density at radius 3 is 3.00 bits per heavy atom. The zero-order chi connectivity index (χ0) is 10.2. The Hall–Kier alpha value is -1.05. The van der Waals surface area contributed by atoms with E-state index in [9.17, 15) is 8.42 Å². The number of hydrogen-bond acceptors (Lipinski definition) is 4. The summed E-state index contributed by atoms with van der Waals surface area (Å²) < 4.78 is 23.3. The molecule has 0 bridgehead atoms. The molecule has 1 aliphatic heterocycles. The maximum absolute atomic E-state index is 11.1. The molecule has 0 atom stereocenters. The summed E-state index contributed by atoms with van der Waals surface area (Å²) in [6.45, 7) is 0.665. The molecule has 0 fully saturated rings. The summed E-state index contributed by atoms with van der Waals surface area (Å²) >= 11 is 0. The molecule has 1 aromatic heterocycles. The van der Waals surface area contributed by atoms with Gasteiger partial charge >= 0.3 is 0 Å². The van der Waals surface area contributed by atoms with Gasteiger partial charge in [-0.3, -0.25) is 0 Å². The number of nitrogens with two attached hydrogens (primary N) is 1. The quantitative estimate of drug-likeness (QED) is 0.652. The highest BCUT2D eigenvalue weighted by Gasteiger charge is 2.23. The topological polar surface area (TPSA) is 89.2 Å². The Bertz CT molecular complexity index is 445. The van der Waals surface area contributed by atoms with Gasteiger partial charge in [0.25, 0.3) is 10.2 Å². The highest BCUT2D eigenvalue weighted by molar-refractivity contribution is 7.86. The maximum Gasteiger partial charge on any atom is 0.277 e.